The summed E-state index contributed by atoms with van der Waals surface area (Å²) in [4.78, 5) is 14.7. The Kier molecular flexibility index (Phi) is 6.45. The second kappa shape index (κ2) is 9.00. The molecule has 3 heteroatoms. The zero-order chi connectivity index (χ0) is 18.4. The highest BCUT2D eigenvalue weighted by atomic mass is 16.5. The summed E-state index contributed by atoms with van der Waals surface area (Å²) >= 11 is 0. The van der Waals surface area contributed by atoms with Crippen LogP contribution >= 0.6 is 0 Å². The third kappa shape index (κ3) is 4.73. The molecule has 26 heavy (non-hydrogen) atoms. The van der Waals surface area contributed by atoms with Crippen molar-refractivity contribution in [2.24, 2.45) is 11.8 Å². The summed E-state index contributed by atoms with van der Waals surface area (Å²) in [5, 5.41) is 0. The standard InChI is InChI=1S/C23H29NO2/c1-18-16-24(14-13-22(18)20-11-7-4-8-12-20)17-21(23(25)26-2)15-19-9-5-3-6-10-19/h3-12,18,21-22H,13-17H2,1-2H3/t18?,21-,22?/m0/s1. The van der Waals surface area contributed by atoms with Crippen LogP contribution in [0.2, 0.25) is 0 Å². The normalized spacial score (nSPS) is 21.9. The lowest BCUT2D eigenvalue weighted by molar-refractivity contribution is -0.146. The molecular weight excluding hydrogens is 322 g/mol. The van der Waals surface area contributed by atoms with Crippen molar-refractivity contribution < 1.29 is 9.53 Å². The molecule has 1 aliphatic heterocycles. The van der Waals surface area contributed by atoms with Gasteiger partial charge in [0, 0.05) is 13.1 Å². The van der Waals surface area contributed by atoms with Gasteiger partial charge in [0.2, 0.25) is 0 Å². The van der Waals surface area contributed by atoms with Crippen LogP contribution in [0, 0.1) is 11.8 Å². The number of likely N-dealkylation sites (tertiary alicyclic amines) is 1. The minimum absolute atomic E-state index is 0.105. The van der Waals surface area contributed by atoms with Gasteiger partial charge in [0.25, 0.3) is 0 Å². The number of piperidine rings is 1. The summed E-state index contributed by atoms with van der Waals surface area (Å²) in [6.45, 7) is 5.16. The molecule has 2 aromatic rings. The second-order valence-corrected chi connectivity index (χ2v) is 7.45. The lowest BCUT2D eigenvalue weighted by atomic mass is 9.81. The quantitative estimate of drug-likeness (QED) is 0.733. The van der Waals surface area contributed by atoms with E-state index in [-0.39, 0.29) is 11.9 Å². The maximum absolute atomic E-state index is 12.3. The molecule has 0 saturated carbocycles. The van der Waals surface area contributed by atoms with Crippen LogP contribution in [0.4, 0.5) is 0 Å². The van der Waals surface area contributed by atoms with Crippen LogP contribution in [-0.2, 0) is 16.0 Å². The Morgan fingerprint density at radius 2 is 1.77 bits per heavy atom. The van der Waals surface area contributed by atoms with Crippen molar-refractivity contribution >= 4 is 5.97 Å². The van der Waals surface area contributed by atoms with Gasteiger partial charge in [0.1, 0.15) is 0 Å². The average Bonchev–Trinajstić information content (AvgIpc) is 2.68. The van der Waals surface area contributed by atoms with Gasteiger partial charge in [-0.05, 0) is 42.3 Å². The fourth-order valence-corrected chi connectivity index (χ4v) is 4.19. The molecule has 1 aliphatic rings. The highest BCUT2D eigenvalue weighted by Gasteiger charge is 2.30. The smallest absolute Gasteiger partial charge is 0.310 e. The maximum Gasteiger partial charge on any atom is 0.310 e. The Hall–Kier alpha value is -2.13. The summed E-state index contributed by atoms with van der Waals surface area (Å²) in [7, 11) is 1.49. The topological polar surface area (TPSA) is 29.5 Å². The lowest BCUT2D eigenvalue weighted by Crippen LogP contribution is -2.43. The molecule has 1 heterocycles. The van der Waals surface area contributed by atoms with Crippen molar-refractivity contribution in [2.45, 2.75) is 25.7 Å². The minimum atomic E-state index is -0.108. The van der Waals surface area contributed by atoms with E-state index in [0.29, 0.717) is 11.8 Å². The van der Waals surface area contributed by atoms with Gasteiger partial charge in [-0.3, -0.25) is 4.79 Å². The van der Waals surface area contributed by atoms with Gasteiger partial charge in [-0.15, -0.1) is 0 Å². The second-order valence-electron chi connectivity index (χ2n) is 7.45. The molecule has 0 amide bonds. The first-order chi connectivity index (χ1) is 12.7. The van der Waals surface area contributed by atoms with E-state index in [9.17, 15) is 4.79 Å². The Morgan fingerprint density at radius 1 is 1.12 bits per heavy atom. The summed E-state index contributed by atoms with van der Waals surface area (Å²) in [5.41, 5.74) is 2.63. The van der Waals surface area contributed by atoms with E-state index in [0.717, 1.165) is 32.5 Å². The van der Waals surface area contributed by atoms with Gasteiger partial charge in [0.15, 0.2) is 0 Å². The van der Waals surface area contributed by atoms with Crippen LogP contribution < -0.4 is 0 Å². The van der Waals surface area contributed by atoms with E-state index in [2.05, 4.69) is 54.3 Å². The largest absolute Gasteiger partial charge is 0.469 e. The van der Waals surface area contributed by atoms with Gasteiger partial charge in [-0.25, -0.2) is 0 Å². The van der Waals surface area contributed by atoms with Crippen LogP contribution in [0.3, 0.4) is 0 Å². The van der Waals surface area contributed by atoms with Crippen LogP contribution in [0.1, 0.15) is 30.4 Å². The van der Waals surface area contributed by atoms with Crippen molar-refractivity contribution in [2.75, 3.05) is 26.7 Å². The van der Waals surface area contributed by atoms with Crippen LogP contribution in [0.25, 0.3) is 0 Å². The number of hydrogen-bond donors (Lipinski definition) is 0. The van der Waals surface area contributed by atoms with Gasteiger partial charge in [-0.2, -0.15) is 0 Å². The van der Waals surface area contributed by atoms with Gasteiger partial charge < -0.3 is 9.64 Å². The summed E-state index contributed by atoms with van der Waals surface area (Å²) < 4.78 is 5.08. The van der Waals surface area contributed by atoms with Crippen molar-refractivity contribution in [3.8, 4) is 0 Å². The van der Waals surface area contributed by atoms with Crippen LogP contribution in [0.15, 0.2) is 60.7 Å². The Labute approximate surface area is 157 Å². The average molecular weight is 351 g/mol. The van der Waals surface area contributed by atoms with Crippen LogP contribution in [-0.4, -0.2) is 37.6 Å². The Balaban J connectivity index is 1.62. The molecule has 0 radical (unpaired) electrons. The summed E-state index contributed by atoms with van der Waals surface area (Å²) in [6.07, 6.45) is 1.88. The molecule has 2 aromatic carbocycles. The molecule has 2 unspecified atom stereocenters. The van der Waals surface area contributed by atoms with E-state index in [4.69, 9.17) is 4.74 Å². The number of carbonyl (C=O) groups is 1. The molecule has 3 atom stereocenters. The highest BCUT2D eigenvalue weighted by Crippen LogP contribution is 2.33. The molecule has 3 rings (SSSR count). The molecule has 1 saturated heterocycles. The number of hydrogen-bond acceptors (Lipinski definition) is 3. The van der Waals surface area contributed by atoms with E-state index in [1.807, 2.05) is 18.2 Å². The molecule has 3 nitrogen and oxygen atoms in total. The van der Waals surface area contributed by atoms with E-state index in [1.54, 1.807) is 0 Å². The maximum atomic E-state index is 12.3. The third-order valence-electron chi connectivity index (χ3n) is 5.56. The Morgan fingerprint density at radius 3 is 2.38 bits per heavy atom. The lowest BCUT2D eigenvalue weighted by Gasteiger charge is -2.38. The molecule has 0 N–H and O–H groups in total. The monoisotopic (exact) mass is 351 g/mol. The molecule has 0 bridgehead atoms. The van der Waals surface area contributed by atoms with Gasteiger partial charge in [-0.1, -0.05) is 67.6 Å². The van der Waals surface area contributed by atoms with Crippen molar-refractivity contribution in [3.05, 3.63) is 71.8 Å². The van der Waals surface area contributed by atoms with Crippen LogP contribution in [0.5, 0.6) is 0 Å². The number of ether oxygens (including phenoxy) is 1. The van der Waals surface area contributed by atoms with Gasteiger partial charge in [0.05, 0.1) is 13.0 Å². The molecule has 138 valence electrons. The van der Waals surface area contributed by atoms with Gasteiger partial charge >= 0.3 is 5.97 Å². The number of esters is 1. The van der Waals surface area contributed by atoms with E-state index < -0.39 is 0 Å². The number of benzene rings is 2. The first kappa shape index (κ1) is 18.7. The van der Waals surface area contributed by atoms with Crippen molar-refractivity contribution in [1.82, 2.24) is 4.90 Å². The molecular formula is C23H29NO2. The van der Waals surface area contributed by atoms with Crippen molar-refractivity contribution in [1.29, 1.82) is 0 Å². The SMILES string of the molecule is COC(=O)[C@@H](Cc1ccccc1)CN1CCC(c2ccccc2)C(C)C1. The zero-order valence-electron chi connectivity index (χ0n) is 15.8. The third-order valence-corrected chi connectivity index (χ3v) is 5.56. The predicted molar refractivity (Wildman–Crippen MR) is 105 cm³/mol. The van der Waals surface area contributed by atoms with Crippen molar-refractivity contribution in [3.63, 3.8) is 0 Å². The predicted octanol–water partition coefficient (Wildman–Crippen LogP) is 4.14. The molecule has 0 spiro atoms. The number of carbonyl (C=O) groups excluding carboxylic acids is 1. The van der Waals surface area contributed by atoms with E-state index >= 15 is 0 Å². The fraction of sp³-hybridized carbons (Fsp3) is 0.435. The zero-order valence-corrected chi connectivity index (χ0v) is 15.8. The Bertz CT molecular complexity index is 686. The fourth-order valence-electron chi connectivity index (χ4n) is 4.19. The molecule has 1 fully saturated rings. The first-order valence-corrected chi connectivity index (χ1v) is 9.56. The molecule has 0 aliphatic carbocycles. The number of nitrogens with zero attached hydrogens (tertiary/aromatic N) is 1. The number of methoxy groups -OCH3 is 1. The minimum Gasteiger partial charge on any atom is -0.469 e. The highest BCUT2D eigenvalue weighted by molar-refractivity contribution is 5.73. The number of rotatable bonds is 6. The molecule has 0 aromatic heterocycles. The summed E-state index contributed by atoms with van der Waals surface area (Å²) in [5.74, 6) is 0.980. The summed E-state index contributed by atoms with van der Waals surface area (Å²) in [6, 6.07) is 21.0. The first-order valence-electron chi connectivity index (χ1n) is 9.56. The van der Waals surface area contributed by atoms with E-state index in [1.165, 1.54) is 18.2 Å².